The van der Waals surface area contributed by atoms with Gasteiger partial charge in [0.25, 0.3) is 0 Å². The second-order valence-electron chi connectivity index (χ2n) is 5.86. The molecule has 0 spiro atoms. The first-order valence-corrected chi connectivity index (χ1v) is 8.07. The third-order valence-electron chi connectivity index (χ3n) is 3.64. The summed E-state index contributed by atoms with van der Waals surface area (Å²) in [7, 11) is 1.67. The molecule has 3 rings (SSSR count). The molecule has 1 N–H and O–H groups in total. The monoisotopic (exact) mass is 326 g/mol. The number of hydrogen-bond donors (Lipinski definition) is 1. The maximum Gasteiger partial charge on any atom is 0.130 e. The first-order valence-electron chi connectivity index (χ1n) is 8.07. The molecule has 126 valence electrons. The zero-order chi connectivity index (χ0) is 16.9. The minimum Gasteiger partial charge on any atom is -0.491 e. The SMILES string of the molecule is COCCNc1cc(C2=NCc3ccc(OC(C)C)cc32)ncn1. The fourth-order valence-electron chi connectivity index (χ4n) is 2.59. The van der Waals surface area contributed by atoms with E-state index in [4.69, 9.17) is 9.47 Å². The quantitative estimate of drug-likeness (QED) is 0.792. The molecule has 1 aromatic carbocycles. The highest BCUT2D eigenvalue weighted by molar-refractivity contribution is 6.14. The van der Waals surface area contributed by atoms with Gasteiger partial charge in [-0.3, -0.25) is 4.99 Å². The van der Waals surface area contributed by atoms with Crippen LogP contribution in [0.4, 0.5) is 5.82 Å². The van der Waals surface area contributed by atoms with Crippen LogP contribution in [0.2, 0.25) is 0 Å². The van der Waals surface area contributed by atoms with Crippen LogP contribution in [0, 0.1) is 0 Å². The number of rotatable bonds is 7. The number of methoxy groups -OCH3 is 1. The Labute approximate surface area is 142 Å². The lowest BCUT2D eigenvalue weighted by molar-refractivity contribution is 0.210. The van der Waals surface area contributed by atoms with E-state index in [0.717, 1.165) is 28.5 Å². The Morgan fingerprint density at radius 3 is 2.88 bits per heavy atom. The van der Waals surface area contributed by atoms with Crippen molar-refractivity contribution in [1.29, 1.82) is 0 Å². The molecule has 0 saturated heterocycles. The lowest BCUT2D eigenvalue weighted by atomic mass is 10.0. The molecule has 0 fully saturated rings. The number of fused-ring (bicyclic) bond motifs is 1. The van der Waals surface area contributed by atoms with Crippen molar-refractivity contribution in [1.82, 2.24) is 9.97 Å². The molecule has 2 aromatic rings. The molecule has 2 heterocycles. The minimum atomic E-state index is 0.139. The van der Waals surface area contributed by atoms with E-state index in [2.05, 4.69) is 26.3 Å². The van der Waals surface area contributed by atoms with Gasteiger partial charge in [0, 0.05) is 25.3 Å². The summed E-state index contributed by atoms with van der Waals surface area (Å²) in [6.07, 6.45) is 1.69. The van der Waals surface area contributed by atoms with Gasteiger partial charge >= 0.3 is 0 Å². The van der Waals surface area contributed by atoms with Gasteiger partial charge in [0.05, 0.1) is 30.7 Å². The van der Waals surface area contributed by atoms with Gasteiger partial charge in [0.1, 0.15) is 17.9 Å². The Morgan fingerprint density at radius 2 is 2.08 bits per heavy atom. The summed E-state index contributed by atoms with van der Waals surface area (Å²) in [6.45, 7) is 6.03. The fourth-order valence-corrected chi connectivity index (χ4v) is 2.59. The van der Waals surface area contributed by atoms with E-state index < -0.39 is 0 Å². The van der Waals surface area contributed by atoms with E-state index >= 15 is 0 Å². The standard InChI is InChI=1S/C18H22N4O2/c1-12(2)24-14-5-4-13-10-20-18(15(13)8-14)16-9-17(22-11-21-16)19-6-7-23-3/h4-5,8-9,11-12H,6-7,10H2,1-3H3,(H,19,21,22). The maximum absolute atomic E-state index is 5.80. The Kier molecular flexibility index (Phi) is 5.05. The molecule has 6 nitrogen and oxygen atoms in total. The van der Waals surface area contributed by atoms with Crippen LogP contribution in [-0.4, -0.2) is 42.0 Å². The van der Waals surface area contributed by atoms with Crippen molar-refractivity contribution in [2.24, 2.45) is 4.99 Å². The van der Waals surface area contributed by atoms with Gasteiger partial charge in [0.2, 0.25) is 0 Å². The van der Waals surface area contributed by atoms with Crippen LogP contribution >= 0.6 is 0 Å². The summed E-state index contributed by atoms with van der Waals surface area (Å²) in [5.41, 5.74) is 3.96. The Balaban J connectivity index is 1.84. The highest BCUT2D eigenvalue weighted by atomic mass is 16.5. The Morgan fingerprint density at radius 1 is 1.21 bits per heavy atom. The van der Waals surface area contributed by atoms with Gasteiger partial charge in [0.15, 0.2) is 0 Å². The van der Waals surface area contributed by atoms with Gasteiger partial charge in [-0.25, -0.2) is 9.97 Å². The van der Waals surface area contributed by atoms with E-state index in [1.54, 1.807) is 13.4 Å². The molecule has 24 heavy (non-hydrogen) atoms. The van der Waals surface area contributed by atoms with Crippen molar-refractivity contribution in [3.8, 4) is 5.75 Å². The normalized spacial score (nSPS) is 12.9. The second kappa shape index (κ2) is 7.40. The van der Waals surface area contributed by atoms with Crippen molar-refractivity contribution < 1.29 is 9.47 Å². The smallest absolute Gasteiger partial charge is 0.130 e. The summed E-state index contributed by atoms with van der Waals surface area (Å²) in [4.78, 5) is 13.3. The lowest BCUT2D eigenvalue weighted by Gasteiger charge is -2.12. The number of ether oxygens (including phenoxy) is 2. The minimum absolute atomic E-state index is 0.139. The van der Waals surface area contributed by atoms with Gasteiger partial charge in [-0.2, -0.15) is 0 Å². The molecule has 6 heteroatoms. The predicted octanol–water partition coefficient (Wildman–Crippen LogP) is 2.67. The van der Waals surface area contributed by atoms with Crippen LogP contribution in [-0.2, 0) is 11.3 Å². The molecular formula is C18H22N4O2. The average molecular weight is 326 g/mol. The highest BCUT2D eigenvalue weighted by Crippen LogP contribution is 2.27. The predicted molar refractivity (Wildman–Crippen MR) is 93.9 cm³/mol. The summed E-state index contributed by atoms with van der Waals surface area (Å²) in [5.74, 6) is 1.62. The Bertz CT molecular complexity index is 744. The van der Waals surface area contributed by atoms with E-state index in [1.807, 2.05) is 32.0 Å². The van der Waals surface area contributed by atoms with Gasteiger partial charge in [-0.05, 0) is 31.5 Å². The molecular weight excluding hydrogens is 304 g/mol. The van der Waals surface area contributed by atoms with E-state index in [9.17, 15) is 0 Å². The van der Waals surface area contributed by atoms with Crippen molar-refractivity contribution >= 4 is 11.5 Å². The second-order valence-corrected chi connectivity index (χ2v) is 5.86. The topological polar surface area (TPSA) is 68.6 Å². The third kappa shape index (κ3) is 3.71. The van der Waals surface area contributed by atoms with Gasteiger partial charge < -0.3 is 14.8 Å². The molecule has 1 aliphatic rings. The summed E-state index contributed by atoms with van der Waals surface area (Å²) >= 11 is 0. The Hall–Kier alpha value is -2.47. The van der Waals surface area contributed by atoms with Crippen LogP contribution < -0.4 is 10.1 Å². The zero-order valence-electron chi connectivity index (χ0n) is 14.2. The number of benzene rings is 1. The molecule has 0 amide bonds. The number of hydrogen-bond acceptors (Lipinski definition) is 6. The van der Waals surface area contributed by atoms with Crippen molar-refractivity contribution in [2.45, 2.75) is 26.5 Å². The number of aliphatic imine (C=N–C) groups is 1. The molecule has 1 aromatic heterocycles. The van der Waals surface area contributed by atoms with Crippen LogP contribution in [0.25, 0.3) is 0 Å². The lowest BCUT2D eigenvalue weighted by Crippen LogP contribution is -2.11. The van der Waals surface area contributed by atoms with Crippen molar-refractivity contribution in [2.75, 3.05) is 25.6 Å². The van der Waals surface area contributed by atoms with E-state index in [1.165, 1.54) is 5.56 Å². The first-order chi connectivity index (χ1) is 11.7. The average Bonchev–Trinajstić information content (AvgIpc) is 2.98. The van der Waals surface area contributed by atoms with Crippen LogP contribution in [0.1, 0.15) is 30.7 Å². The maximum atomic E-state index is 5.80. The zero-order valence-corrected chi connectivity index (χ0v) is 14.2. The number of nitrogens with one attached hydrogen (secondary N) is 1. The first kappa shape index (κ1) is 16.4. The summed E-state index contributed by atoms with van der Waals surface area (Å²) in [5, 5.41) is 3.22. The molecule has 0 bridgehead atoms. The van der Waals surface area contributed by atoms with Gasteiger partial charge in [-0.15, -0.1) is 0 Å². The summed E-state index contributed by atoms with van der Waals surface area (Å²) < 4.78 is 10.8. The van der Waals surface area contributed by atoms with E-state index in [0.29, 0.717) is 19.7 Å². The molecule has 0 aliphatic carbocycles. The van der Waals surface area contributed by atoms with Crippen molar-refractivity contribution in [3.05, 3.63) is 47.4 Å². The molecule has 0 saturated carbocycles. The van der Waals surface area contributed by atoms with Gasteiger partial charge in [-0.1, -0.05) is 6.07 Å². The number of aromatic nitrogens is 2. The van der Waals surface area contributed by atoms with Crippen molar-refractivity contribution in [3.63, 3.8) is 0 Å². The molecule has 1 aliphatic heterocycles. The van der Waals surface area contributed by atoms with Crippen LogP contribution in [0.3, 0.4) is 0 Å². The third-order valence-corrected chi connectivity index (χ3v) is 3.64. The van der Waals surface area contributed by atoms with E-state index in [-0.39, 0.29) is 6.10 Å². The largest absolute Gasteiger partial charge is 0.491 e. The fraction of sp³-hybridized carbons (Fsp3) is 0.389. The summed E-state index contributed by atoms with van der Waals surface area (Å²) in [6, 6.07) is 8.03. The molecule has 0 atom stereocenters. The van der Waals surface area contributed by atoms with Crippen LogP contribution in [0.15, 0.2) is 35.6 Å². The molecule has 0 radical (unpaired) electrons. The highest BCUT2D eigenvalue weighted by Gasteiger charge is 2.20. The number of anilines is 1. The number of nitrogens with zero attached hydrogens (tertiary/aromatic N) is 3. The molecule has 0 unspecified atom stereocenters. The van der Waals surface area contributed by atoms with Crippen LogP contribution in [0.5, 0.6) is 5.75 Å².